The highest BCUT2D eigenvalue weighted by molar-refractivity contribution is 5.94. The van der Waals surface area contributed by atoms with E-state index in [4.69, 9.17) is 5.11 Å². The summed E-state index contributed by atoms with van der Waals surface area (Å²) in [5, 5.41) is 11.5. The molecule has 0 heterocycles. The molecular formula is C14H17NO2. The van der Waals surface area contributed by atoms with Gasteiger partial charge in [-0.1, -0.05) is 18.8 Å². The molecule has 1 rings (SSSR count). The Balaban J connectivity index is 2.70. The maximum absolute atomic E-state index is 11.8. The van der Waals surface area contributed by atoms with Crippen LogP contribution >= 0.6 is 0 Å². The number of carbonyl (C=O) groups excluding carboxylic acids is 1. The topological polar surface area (TPSA) is 49.3 Å². The number of hydrogen-bond acceptors (Lipinski definition) is 2. The molecule has 3 nitrogen and oxygen atoms in total. The predicted molar refractivity (Wildman–Crippen MR) is 67.6 cm³/mol. The van der Waals surface area contributed by atoms with E-state index in [1.165, 1.54) is 0 Å². The zero-order valence-electron chi connectivity index (χ0n) is 10.2. The molecule has 3 heteroatoms. The van der Waals surface area contributed by atoms with Gasteiger partial charge in [-0.15, -0.1) is 0 Å². The monoisotopic (exact) mass is 231 g/mol. The second-order valence-corrected chi connectivity index (χ2v) is 3.82. The Morgan fingerprint density at radius 1 is 1.41 bits per heavy atom. The molecule has 0 bridgehead atoms. The summed E-state index contributed by atoms with van der Waals surface area (Å²) in [5.41, 5.74) is 1.42. The number of carbonyl (C=O) groups is 1. The van der Waals surface area contributed by atoms with E-state index in [0.717, 1.165) is 12.0 Å². The molecule has 2 N–H and O–H groups in total. The summed E-state index contributed by atoms with van der Waals surface area (Å²) in [4.78, 5) is 11.8. The van der Waals surface area contributed by atoms with Crippen molar-refractivity contribution in [1.29, 1.82) is 0 Å². The van der Waals surface area contributed by atoms with Gasteiger partial charge in [0.05, 0.1) is 0 Å². The zero-order chi connectivity index (χ0) is 12.7. The molecule has 0 saturated heterocycles. The van der Waals surface area contributed by atoms with E-state index in [1.54, 1.807) is 24.3 Å². The summed E-state index contributed by atoms with van der Waals surface area (Å²) in [6.07, 6.45) is 0.909. The number of rotatable bonds is 3. The third-order valence-corrected chi connectivity index (χ3v) is 2.45. The summed E-state index contributed by atoms with van der Waals surface area (Å²) in [6, 6.07) is 7.19. The Hall–Kier alpha value is -1.79. The fourth-order valence-corrected chi connectivity index (χ4v) is 1.26. The molecule has 1 aromatic rings. The van der Waals surface area contributed by atoms with Gasteiger partial charge in [-0.3, -0.25) is 4.79 Å². The average molecular weight is 231 g/mol. The molecule has 17 heavy (non-hydrogen) atoms. The molecule has 90 valence electrons. The van der Waals surface area contributed by atoms with Crippen molar-refractivity contribution in [3.63, 3.8) is 0 Å². The number of aliphatic hydroxyl groups excluding tert-OH is 1. The number of amides is 1. The zero-order valence-corrected chi connectivity index (χ0v) is 10.2. The van der Waals surface area contributed by atoms with Gasteiger partial charge in [-0.2, -0.15) is 0 Å². The van der Waals surface area contributed by atoms with E-state index in [2.05, 4.69) is 17.2 Å². The molecule has 0 aliphatic heterocycles. The average Bonchev–Trinajstić information content (AvgIpc) is 2.36. The first-order valence-corrected chi connectivity index (χ1v) is 5.68. The maximum Gasteiger partial charge on any atom is 0.251 e. The van der Waals surface area contributed by atoms with Crippen LogP contribution in [0.3, 0.4) is 0 Å². The van der Waals surface area contributed by atoms with Gasteiger partial charge in [0.15, 0.2) is 0 Å². The first-order valence-electron chi connectivity index (χ1n) is 5.68. The van der Waals surface area contributed by atoms with Gasteiger partial charge in [-0.05, 0) is 37.6 Å². The first kappa shape index (κ1) is 13.3. The lowest BCUT2D eigenvalue weighted by Gasteiger charge is -2.11. The second-order valence-electron chi connectivity index (χ2n) is 3.82. The lowest BCUT2D eigenvalue weighted by Crippen LogP contribution is -2.31. The van der Waals surface area contributed by atoms with E-state index in [1.807, 2.05) is 13.8 Å². The van der Waals surface area contributed by atoms with Gasteiger partial charge in [0, 0.05) is 17.2 Å². The minimum atomic E-state index is -0.156. The SMILES string of the molecule is CCC(C)NC(=O)c1ccc(C#CCO)cc1. The van der Waals surface area contributed by atoms with Crippen molar-refractivity contribution in [2.24, 2.45) is 0 Å². The van der Waals surface area contributed by atoms with Crippen LogP contribution in [0.5, 0.6) is 0 Å². The van der Waals surface area contributed by atoms with E-state index in [9.17, 15) is 4.79 Å². The Bertz CT molecular complexity index is 426. The Morgan fingerprint density at radius 3 is 2.59 bits per heavy atom. The number of benzene rings is 1. The van der Waals surface area contributed by atoms with Crippen LogP contribution in [0.1, 0.15) is 36.2 Å². The van der Waals surface area contributed by atoms with Crippen molar-refractivity contribution in [1.82, 2.24) is 5.32 Å². The Morgan fingerprint density at radius 2 is 2.06 bits per heavy atom. The summed E-state index contributed by atoms with van der Waals surface area (Å²) in [7, 11) is 0. The standard InChI is InChI=1S/C14H17NO2/c1-3-11(2)15-14(17)13-8-6-12(7-9-13)5-4-10-16/h6-9,11,16H,3,10H2,1-2H3,(H,15,17). The van der Waals surface area contributed by atoms with Crippen LogP contribution < -0.4 is 5.32 Å². The maximum atomic E-state index is 11.8. The lowest BCUT2D eigenvalue weighted by atomic mass is 10.1. The van der Waals surface area contributed by atoms with Crippen molar-refractivity contribution in [3.8, 4) is 11.8 Å². The first-order chi connectivity index (χ1) is 8.17. The van der Waals surface area contributed by atoms with Crippen LogP contribution in [0.25, 0.3) is 0 Å². The molecule has 1 atom stereocenters. The fourth-order valence-electron chi connectivity index (χ4n) is 1.26. The van der Waals surface area contributed by atoms with Crippen LogP contribution in [0, 0.1) is 11.8 Å². The van der Waals surface area contributed by atoms with Crippen molar-refractivity contribution in [2.75, 3.05) is 6.61 Å². The highest BCUT2D eigenvalue weighted by Crippen LogP contribution is 2.04. The number of nitrogens with one attached hydrogen (secondary N) is 1. The summed E-state index contributed by atoms with van der Waals surface area (Å²) < 4.78 is 0. The molecule has 0 fully saturated rings. The molecule has 0 saturated carbocycles. The van der Waals surface area contributed by atoms with Gasteiger partial charge in [0.1, 0.15) is 6.61 Å². The second kappa shape index (κ2) is 6.72. The summed E-state index contributed by atoms with van der Waals surface area (Å²) in [6.45, 7) is 3.84. The highest BCUT2D eigenvalue weighted by atomic mass is 16.2. The fraction of sp³-hybridized carbons (Fsp3) is 0.357. The van der Waals surface area contributed by atoms with Crippen LogP contribution in [0.4, 0.5) is 0 Å². The lowest BCUT2D eigenvalue weighted by molar-refractivity contribution is 0.0939. The van der Waals surface area contributed by atoms with Crippen molar-refractivity contribution in [3.05, 3.63) is 35.4 Å². The molecule has 0 aliphatic carbocycles. The van der Waals surface area contributed by atoms with E-state index < -0.39 is 0 Å². The number of aliphatic hydroxyl groups is 1. The van der Waals surface area contributed by atoms with Gasteiger partial charge < -0.3 is 10.4 Å². The van der Waals surface area contributed by atoms with E-state index in [-0.39, 0.29) is 18.6 Å². The third kappa shape index (κ3) is 4.29. The molecule has 1 unspecified atom stereocenters. The molecule has 1 amide bonds. The normalized spacial score (nSPS) is 11.2. The van der Waals surface area contributed by atoms with Crippen LogP contribution in [0.15, 0.2) is 24.3 Å². The Labute approximate surface area is 102 Å². The highest BCUT2D eigenvalue weighted by Gasteiger charge is 2.07. The molecular weight excluding hydrogens is 214 g/mol. The van der Waals surface area contributed by atoms with Crippen LogP contribution in [0.2, 0.25) is 0 Å². The summed E-state index contributed by atoms with van der Waals surface area (Å²) in [5.74, 6) is 5.27. The molecule has 0 spiro atoms. The minimum Gasteiger partial charge on any atom is -0.384 e. The van der Waals surface area contributed by atoms with E-state index >= 15 is 0 Å². The Kier molecular flexibility index (Phi) is 5.25. The molecule has 0 aromatic heterocycles. The van der Waals surface area contributed by atoms with E-state index in [0.29, 0.717) is 5.56 Å². The molecule has 0 aliphatic rings. The van der Waals surface area contributed by atoms with Crippen LogP contribution in [-0.4, -0.2) is 23.7 Å². The van der Waals surface area contributed by atoms with Crippen LogP contribution in [-0.2, 0) is 0 Å². The largest absolute Gasteiger partial charge is 0.384 e. The number of hydrogen-bond donors (Lipinski definition) is 2. The smallest absolute Gasteiger partial charge is 0.251 e. The summed E-state index contributed by atoms with van der Waals surface area (Å²) >= 11 is 0. The van der Waals surface area contributed by atoms with Gasteiger partial charge >= 0.3 is 0 Å². The van der Waals surface area contributed by atoms with Gasteiger partial charge in [0.2, 0.25) is 0 Å². The van der Waals surface area contributed by atoms with Gasteiger partial charge in [0.25, 0.3) is 5.91 Å². The van der Waals surface area contributed by atoms with Crippen molar-refractivity contribution in [2.45, 2.75) is 26.3 Å². The van der Waals surface area contributed by atoms with Crippen molar-refractivity contribution >= 4 is 5.91 Å². The molecule has 0 radical (unpaired) electrons. The van der Waals surface area contributed by atoms with Crippen molar-refractivity contribution < 1.29 is 9.90 Å². The predicted octanol–water partition coefficient (Wildman–Crippen LogP) is 1.56. The minimum absolute atomic E-state index is 0.0685. The quantitative estimate of drug-likeness (QED) is 0.776. The molecule has 1 aromatic carbocycles. The van der Waals surface area contributed by atoms with Gasteiger partial charge in [-0.25, -0.2) is 0 Å². The third-order valence-electron chi connectivity index (χ3n) is 2.45.